The summed E-state index contributed by atoms with van der Waals surface area (Å²) in [6.45, 7) is 0.302. The Hall–Kier alpha value is 1.28. The second-order valence-electron chi connectivity index (χ2n) is 3.39. The molecule has 0 aliphatic heterocycles. The Bertz CT molecular complexity index is 162. The van der Waals surface area contributed by atoms with Crippen molar-refractivity contribution in [1.29, 1.82) is 0 Å². The molecule has 0 aromatic heterocycles. The summed E-state index contributed by atoms with van der Waals surface area (Å²) in [6, 6.07) is 0. The Balaban J connectivity index is 3.52. The Labute approximate surface area is 122 Å². The summed E-state index contributed by atoms with van der Waals surface area (Å²) >= 11 is 9.04. The number of hydrogen-bond acceptors (Lipinski definition) is 7. The van der Waals surface area contributed by atoms with Crippen molar-refractivity contribution < 1.29 is 15.3 Å². The average Bonchev–Trinajstić information content (AvgIpc) is 2.34. The first-order chi connectivity index (χ1) is 8.24. The highest BCUT2D eigenvalue weighted by Gasteiger charge is 2.11. The van der Waals surface area contributed by atoms with Gasteiger partial charge in [-0.25, -0.2) is 0 Å². The molecule has 17 heavy (non-hydrogen) atoms. The van der Waals surface area contributed by atoms with Gasteiger partial charge in [0.15, 0.2) is 0 Å². The van der Waals surface area contributed by atoms with Crippen molar-refractivity contribution in [3.05, 3.63) is 0 Å². The van der Waals surface area contributed by atoms with Crippen LogP contribution in [0.5, 0.6) is 0 Å². The molecule has 0 bridgehead atoms. The van der Waals surface area contributed by atoms with Gasteiger partial charge in [-0.1, -0.05) is 0 Å². The molecule has 0 aliphatic carbocycles. The lowest BCUT2D eigenvalue weighted by Crippen LogP contribution is -2.20. The molecule has 2 atom stereocenters. The molecule has 0 saturated heterocycles. The first kappa shape index (κ1) is 18.3. The van der Waals surface area contributed by atoms with Gasteiger partial charge in [0.05, 0.1) is 19.3 Å². The van der Waals surface area contributed by atoms with Gasteiger partial charge in [0, 0.05) is 34.0 Å². The summed E-state index contributed by atoms with van der Waals surface area (Å²) in [4.78, 5) is 0. The van der Waals surface area contributed by atoms with Gasteiger partial charge in [-0.05, 0) is 5.75 Å². The van der Waals surface area contributed by atoms with Crippen molar-refractivity contribution in [1.82, 2.24) is 0 Å². The van der Waals surface area contributed by atoms with E-state index >= 15 is 0 Å². The van der Waals surface area contributed by atoms with Gasteiger partial charge in [0.1, 0.15) is 0 Å². The number of aliphatic hydroxyl groups excluding tert-OH is 3. The highest BCUT2D eigenvalue weighted by Crippen LogP contribution is 2.18. The van der Waals surface area contributed by atoms with Crippen molar-refractivity contribution in [3.63, 3.8) is 0 Å². The zero-order valence-corrected chi connectivity index (χ0v) is 13.2. The van der Waals surface area contributed by atoms with E-state index in [1.165, 1.54) is 0 Å². The van der Waals surface area contributed by atoms with Crippen LogP contribution in [0, 0.1) is 0 Å². The van der Waals surface area contributed by atoms with Gasteiger partial charge in [0.2, 0.25) is 0 Å². The SMILES string of the molecule is OCCSCC(CO)SCC(O)CSCCS. The predicted octanol–water partition coefficient (Wildman–Crippen LogP) is 0.830. The molecule has 0 aromatic carbocycles. The predicted molar refractivity (Wildman–Crippen MR) is 84.9 cm³/mol. The normalized spacial score (nSPS) is 14.8. The maximum atomic E-state index is 9.70. The van der Waals surface area contributed by atoms with Crippen molar-refractivity contribution in [2.75, 3.05) is 47.7 Å². The molecule has 0 fully saturated rings. The van der Waals surface area contributed by atoms with Crippen LogP contribution >= 0.6 is 47.9 Å². The molecule has 2 unspecified atom stereocenters. The number of aliphatic hydroxyl groups is 3. The van der Waals surface area contributed by atoms with Crippen LogP contribution in [-0.4, -0.2) is 74.4 Å². The van der Waals surface area contributed by atoms with E-state index in [2.05, 4.69) is 12.6 Å². The van der Waals surface area contributed by atoms with Gasteiger partial charge in [-0.2, -0.15) is 47.9 Å². The van der Waals surface area contributed by atoms with Crippen LogP contribution in [-0.2, 0) is 0 Å². The standard InChI is InChI=1S/C10H22O3S4/c11-1-3-15-8-10(5-12)17-7-9(13)6-16-4-2-14/h9-14H,1-8H2. The van der Waals surface area contributed by atoms with E-state index in [4.69, 9.17) is 10.2 Å². The molecule has 3 N–H and O–H groups in total. The summed E-state index contributed by atoms with van der Waals surface area (Å²) in [6.07, 6.45) is -0.318. The molecule has 104 valence electrons. The monoisotopic (exact) mass is 318 g/mol. The van der Waals surface area contributed by atoms with E-state index in [0.29, 0.717) is 11.5 Å². The third kappa shape index (κ3) is 12.1. The van der Waals surface area contributed by atoms with E-state index < -0.39 is 0 Å². The van der Waals surface area contributed by atoms with Gasteiger partial charge in [-0.15, -0.1) is 0 Å². The van der Waals surface area contributed by atoms with Gasteiger partial charge in [0.25, 0.3) is 0 Å². The van der Waals surface area contributed by atoms with Crippen LogP contribution in [0.25, 0.3) is 0 Å². The van der Waals surface area contributed by atoms with Crippen LogP contribution in [0.3, 0.4) is 0 Å². The molecule has 0 heterocycles. The largest absolute Gasteiger partial charge is 0.396 e. The average molecular weight is 319 g/mol. The van der Waals surface area contributed by atoms with Gasteiger partial charge < -0.3 is 15.3 Å². The molecule has 7 heteroatoms. The van der Waals surface area contributed by atoms with Crippen LogP contribution < -0.4 is 0 Å². The fraction of sp³-hybridized carbons (Fsp3) is 1.00. The maximum Gasteiger partial charge on any atom is 0.0721 e. The number of rotatable bonds is 12. The summed E-state index contributed by atoms with van der Waals surface area (Å²) in [5, 5.41) is 27.7. The Morgan fingerprint density at radius 1 is 1.00 bits per heavy atom. The molecule has 0 radical (unpaired) electrons. The molecular formula is C10H22O3S4. The third-order valence-corrected chi connectivity index (χ3v) is 6.14. The van der Waals surface area contributed by atoms with E-state index in [9.17, 15) is 5.11 Å². The third-order valence-electron chi connectivity index (χ3n) is 1.81. The van der Waals surface area contributed by atoms with Crippen LogP contribution in [0.2, 0.25) is 0 Å². The van der Waals surface area contributed by atoms with Gasteiger partial charge in [-0.3, -0.25) is 0 Å². The number of thiol groups is 1. The van der Waals surface area contributed by atoms with E-state index in [1.54, 1.807) is 35.3 Å². The van der Waals surface area contributed by atoms with Crippen LogP contribution in [0.1, 0.15) is 0 Å². The molecule has 0 amide bonds. The lowest BCUT2D eigenvalue weighted by molar-refractivity contribution is 0.224. The molecule has 0 aromatic rings. The minimum Gasteiger partial charge on any atom is -0.396 e. The topological polar surface area (TPSA) is 60.7 Å². The lowest BCUT2D eigenvalue weighted by atomic mass is 10.5. The van der Waals surface area contributed by atoms with Crippen LogP contribution in [0.15, 0.2) is 0 Å². The molecule has 0 spiro atoms. The fourth-order valence-corrected chi connectivity index (χ4v) is 4.29. The second-order valence-corrected chi connectivity index (χ2v) is 7.47. The van der Waals surface area contributed by atoms with E-state index in [-0.39, 0.29) is 24.6 Å². The number of thioether (sulfide) groups is 3. The summed E-state index contributed by atoms with van der Waals surface area (Å²) in [7, 11) is 0. The number of hydrogen-bond donors (Lipinski definition) is 4. The smallest absolute Gasteiger partial charge is 0.0721 e. The molecule has 0 rings (SSSR count). The van der Waals surface area contributed by atoms with Gasteiger partial charge >= 0.3 is 0 Å². The Morgan fingerprint density at radius 3 is 2.29 bits per heavy atom. The minimum absolute atomic E-state index is 0.125. The summed E-state index contributed by atoms with van der Waals surface area (Å²) in [5.74, 6) is 4.71. The van der Waals surface area contributed by atoms with Crippen molar-refractivity contribution in [3.8, 4) is 0 Å². The molecule has 0 saturated carbocycles. The second kappa shape index (κ2) is 13.7. The Morgan fingerprint density at radius 2 is 1.71 bits per heavy atom. The quantitative estimate of drug-likeness (QED) is 0.316. The summed E-state index contributed by atoms with van der Waals surface area (Å²) in [5.41, 5.74) is 0. The maximum absolute atomic E-state index is 9.70. The first-order valence-electron chi connectivity index (χ1n) is 5.52. The van der Waals surface area contributed by atoms with Crippen molar-refractivity contribution >= 4 is 47.9 Å². The first-order valence-corrected chi connectivity index (χ1v) is 9.51. The Kier molecular flexibility index (Phi) is 14.7. The van der Waals surface area contributed by atoms with E-state index in [1.807, 2.05) is 0 Å². The highest BCUT2D eigenvalue weighted by molar-refractivity contribution is 8.03. The van der Waals surface area contributed by atoms with E-state index in [0.717, 1.165) is 23.0 Å². The van der Waals surface area contributed by atoms with Crippen molar-refractivity contribution in [2.45, 2.75) is 11.4 Å². The zero-order chi connectivity index (χ0) is 12.9. The van der Waals surface area contributed by atoms with Crippen molar-refractivity contribution in [2.24, 2.45) is 0 Å². The summed E-state index contributed by atoms with van der Waals surface area (Å²) < 4.78 is 0. The highest BCUT2D eigenvalue weighted by atomic mass is 32.2. The molecule has 3 nitrogen and oxygen atoms in total. The molecule has 0 aliphatic rings. The van der Waals surface area contributed by atoms with Crippen LogP contribution in [0.4, 0.5) is 0 Å². The fourth-order valence-electron chi connectivity index (χ4n) is 1.01. The lowest BCUT2D eigenvalue weighted by Gasteiger charge is -2.16. The minimum atomic E-state index is -0.318. The zero-order valence-electron chi connectivity index (χ0n) is 9.83. The molecular weight excluding hydrogens is 296 g/mol.